The molecule has 2 aromatic carbocycles. The molecule has 0 unspecified atom stereocenters. The second kappa shape index (κ2) is 8.31. The lowest BCUT2D eigenvalue weighted by Gasteiger charge is -2.32. The van der Waals surface area contributed by atoms with Crippen LogP contribution in [0.1, 0.15) is 36.9 Å². The molecule has 5 nitrogen and oxygen atoms in total. The third-order valence-corrected chi connectivity index (χ3v) is 6.70. The summed E-state index contributed by atoms with van der Waals surface area (Å²) in [6.45, 7) is 1.54. The van der Waals surface area contributed by atoms with E-state index in [0.717, 1.165) is 35.4 Å². The number of aryl methyl sites for hydroxylation is 1. The molecule has 0 aromatic heterocycles. The van der Waals surface area contributed by atoms with E-state index in [-0.39, 0.29) is 22.7 Å². The van der Waals surface area contributed by atoms with Crippen LogP contribution < -0.4 is 9.62 Å². The molecule has 1 N–H and O–H groups in total. The third kappa shape index (κ3) is 4.45. The highest BCUT2D eigenvalue weighted by atomic mass is 35.5. The van der Waals surface area contributed by atoms with Gasteiger partial charge in [0.05, 0.1) is 23.0 Å². The molecule has 0 bridgehead atoms. The molecule has 2 atom stereocenters. The average molecular weight is 441 g/mol. The lowest BCUT2D eigenvalue weighted by atomic mass is 9.87. The van der Waals surface area contributed by atoms with Gasteiger partial charge in [0.25, 0.3) is 0 Å². The number of sulfonamides is 1. The van der Waals surface area contributed by atoms with Crippen molar-refractivity contribution in [2.24, 2.45) is 0 Å². The lowest BCUT2D eigenvalue weighted by Crippen LogP contribution is -2.49. The molecular formula is C20H22Cl2N2O3S. The number of benzene rings is 2. The fourth-order valence-corrected chi connectivity index (χ4v) is 5.24. The highest BCUT2D eigenvalue weighted by Crippen LogP contribution is 2.33. The van der Waals surface area contributed by atoms with Crippen LogP contribution in [-0.2, 0) is 21.2 Å². The van der Waals surface area contributed by atoms with Gasteiger partial charge in [-0.15, -0.1) is 0 Å². The van der Waals surface area contributed by atoms with Gasteiger partial charge in [0.2, 0.25) is 15.9 Å². The van der Waals surface area contributed by atoms with Crippen LogP contribution in [0.15, 0.2) is 42.5 Å². The maximum Gasteiger partial charge on any atom is 0.244 e. The van der Waals surface area contributed by atoms with Crippen LogP contribution in [0.5, 0.6) is 0 Å². The Morgan fingerprint density at radius 3 is 2.64 bits per heavy atom. The molecule has 0 heterocycles. The van der Waals surface area contributed by atoms with Gasteiger partial charge in [-0.05, 0) is 55.5 Å². The van der Waals surface area contributed by atoms with E-state index in [0.29, 0.717) is 5.02 Å². The summed E-state index contributed by atoms with van der Waals surface area (Å²) < 4.78 is 26.0. The first-order chi connectivity index (χ1) is 13.2. The Labute approximate surface area is 175 Å². The fraction of sp³-hybridized carbons (Fsp3) is 0.350. The zero-order chi connectivity index (χ0) is 20.5. The summed E-state index contributed by atoms with van der Waals surface area (Å²) >= 11 is 12.2. The van der Waals surface area contributed by atoms with Crippen LogP contribution in [0.3, 0.4) is 0 Å². The molecule has 0 saturated carbocycles. The van der Waals surface area contributed by atoms with Crippen molar-refractivity contribution >= 4 is 44.8 Å². The summed E-state index contributed by atoms with van der Waals surface area (Å²) in [5.74, 6) is -0.386. The van der Waals surface area contributed by atoms with Crippen molar-refractivity contribution in [1.82, 2.24) is 5.32 Å². The highest BCUT2D eigenvalue weighted by molar-refractivity contribution is 7.92. The van der Waals surface area contributed by atoms with E-state index < -0.39 is 16.1 Å². The monoisotopic (exact) mass is 440 g/mol. The number of amides is 1. The van der Waals surface area contributed by atoms with E-state index in [2.05, 4.69) is 11.4 Å². The van der Waals surface area contributed by atoms with Gasteiger partial charge in [0.1, 0.15) is 6.04 Å². The number of carbonyl (C=O) groups excluding carboxylic acids is 1. The van der Waals surface area contributed by atoms with E-state index in [4.69, 9.17) is 23.2 Å². The van der Waals surface area contributed by atoms with Gasteiger partial charge in [0.15, 0.2) is 0 Å². The highest BCUT2D eigenvalue weighted by Gasteiger charge is 2.32. The summed E-state index contributed by atoms with van der Waals surface area (Å²) in [7, 11) is -3.77. The van der Waals surface area contributed by atoms with Gasteiger partial charge in [0, 0.05) is 5.02 Å². The first kappa shape index (κ1) is 21.0. The molecule has 1 amide bonds. The number of hydrogen-bond acceptors (Lipinski definition) is 3. The second-order valence-corrected chi connectivity index (χ2v) is 9.69. The Morgan fingerprint density at radius 1 is 1.21 bits per heavy atom. The van der Waals surface area contributed by atoms with Crippen LogP contribution in [0.25, 0.3) is 0 Å². The summed E-state index contributed by atoms with van der Waals surface area (Å²) in [6.07, 6.45) is 3.80. The van der Waals surface area contributed by atoms with Crippen LogP contribution in [0.4, 0.5) is 5.69 Å². The van der Waals surface area contributed by atoms with E-state index in [1.165, 1.54) is 17.7 Å². The molecule has 0 fully saturated rings. The van der Waals surface area contributed by atoms with Gasteiger partial charge in [-0.1, -0.05) is 47.5 Å². The molecular weight excluding hydrogens is 419 g/mol. The summed E-state index contributed by atoms with van der Waals surface area (Å²) in [6, 6.07) is 11.4. The molecule has 1 aliphatic rings. The molecule has 0 radical (unpaired) electrons. The van der Waals surface area contributed by atoms with Crippen molar-refractivity contribution in [3.05, 3.63) is 63.6 Å². The molecule has 1 aliphatic carbocycles. The Balaban J connectivity index is 1.89. The van der Waals surface area contributed by atoms with E-state index in [1.807, 2.05) is 18.2 Å². The number of carbonyl (C=O) groups is 1. The maximum absolute atomic E-state index is 13.0. The molecule has 0 saturated heterocycles. The Bertz CT molecular complexity index is 995. The molecule has 150 valence electrons. The smallest absolute Gasteiger partial charge is 0.244 e. The predicted octanol–water partition coefficient (Wildman–Crippen LogP) is 4.34. The molecule has 8 heteroatoms. The van der Waals surface area contributed by atoms with Gasteiger partial charge in [-0.3, -0.25) is 9.10 Å². The standard InChI is InChI=1S/C20H22Cl2N2O3S/c1-13(24(28(2,26)27)19-12-15(21)10-11-17(19)22)20(25)23-18-9-5-7-14-6-3-4-8-16(14)18/h3-4,6,8,10-13,18H,5,7,9H2,1-2H3,(H,23,25)/t13-,18+/m1/s1. The van der Waals surface area contributed by atoms with Gasteiger partial charge < -0.3 is 5.32 Å². The normalized spacial score (nSPS) is 17.5. The van der Waals surface area contributed by atoms with E-state index >= 15 is 0 Å². The number of nitrogens with zero attached hydrogens (tertiary/aromatic N) is 1. The largest absolute Gasteiger partial charge is 0.347 e. The quantitative estimate of drug-likeness (QED) is 0.751. The second-order valence-electron chi connectivity index (χ2n) is 6.98. The first-order valence-corrected chi connectivity index (χ1v) is 11.6. The summed E-state index contributed by atoms with van der Waals surface area (Å²) in [5.41, 5.74) is 2.48. The van der Waals surface area contributed by atoms with Gasteiger partial charge in [-0.25, -0.2) is 8.42 Å². The van der Waals surface area contributed by atoms with Crippen molar-refractivity contribution in [1.29, 1.82) is 0 Å². The van der Waals surface area contributed by atoms with Crippen LogP contribution in [0.2, 0.25) is 10.0 Å². The number of anilines is 1. The number of fused-ring (bicyclic) bond motifs is 1. The zero-order valence-corrected chi connectivity index (χ0v) is 18.0. The molecule has 28 heavy (non-hydrogen) atoms. The SMILES string of the molecule is C[C@H](C(=O)N[C@H]1CCCc2ccccc21)N(c1cc(Cl)ccc1Cl)S(C)(=O)=O. The predicted molar refractivity (Wildman–Crippen MR) is 114 cm³/mol. The van der Waals surface area contributed by atoms with Crippen molar-refractivity contribution < 1.29 is 13.2 Å². The third-order valence-electron chi connectivity index (χ3n) is 4.92. The molecule has 3 rings (SSSR count). The molecule has 0 spiro atoms. The molecule has 2 aromatic rings. The lowest BCUT2D eigenvalue weighted by molar-refractivity contribution is -0.122. The van der Waals surface area contributed by atoms with Gasteiger partial charge in [-0.2, -0.15) is 0 Å². The number of halogens is 2. The van der Waals surface area contributed by atoms with Crippen molar-refractivity contribution in [2.75, 3.05) is 10.6 Å². The summed E-state index contributed by atoms with van der Waals surface area (Å²) in [4.78, 5) is 13.0. The maximum atomic E-state index is 13.0. The van der Waals surface area contributed by atoms with E-state index in [9.17, 15) is 13.2 Å². The van der Waals surface area contributed by atoms with E-state index in [1.54, 1.807) is 13.0 Å². The Kier molecular flexibility index (Phi) is 6.22. The Morgan fingerprint density at radius 2 is 1.93 bits per heavy atom. The fourth-order valence-electron chi connectivity index (χ4n) is 3.63. The minimum atomic E-state index is -3.77. The van der Waals surface area contributed by atoms with Crippen LogP contribution in [-0.4, -0.2) is 26.6 Å². The first-order valence-electron chi connectivity index (χ1n) is 9.01. The average Bonchev–Trinajstić information content (AvgIpc) is 2.64. The Hall–Kier alpha value is -1.76. The molecule has 0 aliphatic heterocycles. The minimum absolute atomic E-state index is 0.142. The van der Waals surface area contributed by atoms with Crippen LogP contribution in [0, 0.1) is 0 Å². The van der Waals surface area contributed by atoms with Crippen molar-refractivity contribution in [3.8, 4) is 0 Å². The number of nitrogens with one attached hydrogen (secondary N) is 1. The summed E-state index contributed by atoms with van der Waals surface area (Å²) in [5, 5.41) is 3.55. The van der Waals surface area contributed by atoms with Crippen molar-refractivity contribution in [2.45, 2.75) is 38.3 Å². The van der Waals surface area contributed by atoms with Crippen molar-refractivity contribution in [3.63, 3.8) is 0 Å². The number of rotatable bonds is 5. The topological polar surface area (TPSA) is 66.5 Å². The number of hydrogen-bond donors (Lipinski definition) is 1. The van der Waals surface area contributed by atoms with Crippen LogP contribution >= 0.6 is 23.2 Å². The van der Waals surface area contributed by atoms with Gasteiger partial charge >= 0.3 is 0 Å². The zero-order valence-electron chi connectivity index (χ0n) is 15.7. The minimum Gasteiger partial charge on any atom is -0.347 e.